The number of rotatable bonds is 5. The zero-order valence-electron chi connectivity index (χ0n) is 14.6. The predicted molar refractivity (Wildman–Crippen MR) is 110 cm³/mol. The highest BCUT2D eigenvalue weighted by Gasteiger charge is 2.43. The number of hydrazone groups is 1. The monoisotopic (exact) mass is 424 g/mol. The molecule has 0 fully saturated rings. The Balaban J connectivity index is 1.56. The maximum absolute atomic E-state index is 13.3. The molecule has 0 saturated carbocycles. The largest absolute Gasteiger partial charge is 0.298 e. The van der Waals surface area contributed by atoms with Crippen molar-refractivity contribution >= 4 is 51.5 Å². The van der Waals surface area contributed by atoms with Crippen molar-refractivity contribution in [2.75, 3.05) is 11.4 Å². The standard InChI is InChI=1S/C18H18ClFN4OS2/c1-2-3-7-23-16(25)15-14(6-8-26-15)24-17(23)21-22-18(24)27-10-11-4-5-12(20)9-13(11)19/h4-6,8-9,17,21H,2-3,7,10H2,1H3. The molecule has 1 aromatic carbocycles. The second-order valence-electron chi connectivity index (χ2n) is 6.28. The van der Waals surface area contributed by atoms with E-state index in [0.29, 0.717) is 17.3 Å². The molecule has 3 heterocycles. The highest BCUT2D eigenvalue weighted by Crippen LogP contribution is 2.38. The predicted octanol–water partition coefficient (Wildman–Crippen LogP) is 4.69. The number of carbonyl (C=O) groups is 1. The number of hydrogen-bond acceptors (Lipinski definition) is 6. The first-order valence-electron chi connectivity index (χ1n) is 8.67. The number of nitrogens with one attached hydrogen (secondary N) is 1. The van der Waals surface area contributed by atoms with Crippen LogP contribution >= 0.6 is 34.7 Å². The van der Waals surface area contributed by atoms with Gasteiger partial charge in [0.1, 0.15) is 10.7 Å². The number of halogens is 2. The van der Waals surface area contributed by atoms with E-state index in [4.69, 9.17) is 11.6 Å². The lowest BCUT2D eigenvalue weighted by Crippen LogP contribution is -2.58. The van der Waals surface area contributed by atoms with E-state index in [0.717, 1.165) is 34.1 Å². The maximum Gasteiger partial charge on any atom is 0.269 e. The molecule has 0 spiro atoms. The topological polar surface area (TPSA) is 47.9 Å². The molecular formula is C18H18ClFN4OS2. The number of anilines is 1. The normalized spacial score (nSPS) is 18.3. The molecule has 1 N–H and O–H groups in total. The van der Waals surface area contributed by atoms with Crippen LogP contribution in [-0.4, -0.2) is 28.8 Å². The summed E-state index contributed by atoms with van der Waals surface area (Å²) in [6.45, 7) is 2.78. The molecule has 2 aliphatic rings. The molecule has 0 radical (unpaired) electrons. The number of carbonyl (C=O) groups excluding carboxylic acids is 1. The number of amides is 1. The minimum Gasteiger partial charge on any atom is -0.298 e. The fourth-order valence-electron chi connectivity index (χ4n) is 3.10. The lowest BCUT2D eigenvalue weighted by Gasteiger charge is -2.39. The molecule has 0 aliphatic carbocycles. The van der Waals surface area contributed by atoms with Crippen molar-refractivity contribution in [3.8, 4) is 0 Å². The van der Waals surface area contributed by atoms with E-state index in [2.05, 4.69) is 22.4 Å². The fraction of sp³-hybridized carbons (Fsp3) is 0.333. The van der Waals surface area contributed by atoms with Gasteiger partial charge in [-0.25, -0.2) is 4.39 Å². The molecule has 1 aromatic heterocycles. The zero-order chi connectivity index (χ0) is 19.0. The number of fused-ring (bicyclic) bond motifs is 3. The van der Waals surface area contributed by atoms with Gasteiger partial charge in [0, 0.05) is 17.3 Å². The lowest BCUT2D eigenvalue weighted by molar-refractivity contribution is 0.0644. The van der Waals surface area contributed by atoms with Gasteiger partial charge in [-0.15, -0.1) is 11.3 Å². The van der Waals surface area contributed by atoms with E-state index in [1.807, 2.05) is 16.3 Å². The summed E-state index contributed by atoms with van der Waals surface area (Å²) in [7, 11) is 0. The van der Waals surface area contributed by atoms with Gasteiger partial charge in [0.25, 0.3) is 5.91 Å². The van der Waals surface area contributed by atoms with Gasteiger partial charge >= 0.3 is 0 Å². The lowest BCUT2D eigenvalue weighted by atomic mass is 10.2. The minimum atomic E-state index is -0.349. The minimum absolute atomic E-state index is 0.0465. The molecule has 27 heavy (non-hydrogen) atoms. The Bertz CT molecular complexity index is 903. The fourth-order valence-corrected chi connectivity index (χ4v) is 5.24. The molecule has 1 unspecified atom stereocenters. The van der Waals surface area contributed by atoms with Crippen molar-refractivity contribution in [1.29, 1.82) is 0 Å². The van der Waals surface area contributed by atoms with Gasteiger partial charge in [0.2, 0.25) is 6.29 Å². The number of thioether (sulfide) groups is 1. The second kappa shape index (κ2) is 7.69. The Hall–Kier alpha value is -1.77. The van der Waals surface area contributed by atoms with Gasteiger partial charge < -0.3 is 0 Å². The maximum atomic E-state index is 13.3. The molecular weight excluding hydrogens is 407 g/mol. The Morgan fingerprint density at radius 2 is 2.26 bits per heavy atom. The van der Waals surface area contributed by atoms with Crippen LogP contribution in [0.5, 0.6) is 0 Å². The van der Waals surface area contributed by atoms with E-state index in [9.17, 15) is 9.18 Å². The number of amidine groups is 1. The van der Waals surface area contributed by atoms with Crippen molar-refractivity contribution in [2.45, 2.75) is 31.8 Å². The van der Waals surface area contributed by atoms with Crippen LogP contribution in [0.1, 0.15) is 35.0 Å². The summed E-state index contributed by atoms with van der Waals surface area (Å²) >= 11 is 9.10. The van der Waals surface area contributed by atoms with E-state index < -0.39 is 0 Å². The van der Waals surface area contributed by atoms with Crippen LogP contribution in [0, 0.1) is 5.82 Å². The van der Waals surface area contributed by atoms with E-state index in [1.165, 1.54) is 35.2 Å². The Morgan fingerprint density at radius 1 is 1.41 bits per heavy atom. The summed E-state index contributed by atoms with van der Waals surface area (Å²) in [4.78, 5) is 17.5. The van der Waals surface area contributed by atoms with Gasteiger partial charge in [-0.2, -0.15) is 5.10 Å². The highest BCUT2D eigenvalue weighted by molar-refractivity contribution is 8.13. The third-order valence-electron chi connectivity index (χ3n) is 4.51. The molecule has 0 bridgehead atoms. The summed E-state index contributed by atoms with van der Waals surface area (Å²) in [5.41, 5.74) is 4.82. The van der Waals surface area contributed by atoms with Crippen LogP contribution < -0.4 is 10.3 Å². The number of nitrogens with zero attached hydrogens (tertiary/aromatic N) is 3. The Kier molecular flexibility index (Phi) is 5.29. The van der Waals surface area contributed by atoms with Crippen molar-refractivity contribution < 1.29 is 9.18 Å². The third-order valence-corrected chi connectivity index (χ3v) is 6.75. The second-order valence-corrected chi connectivity index (χ2v) is 8.54. The quantitative estimate of drug-likeness (QED) is 0.756. The van der Waals surface area contributed by atoms with Gasteiger partial charge in [0.05, 0.1) is 5.69 Å². The third kappa shape index (κ3) is 3.41. The smallest absolute Gasteiger partial charge is 0.269 e. The van der Waals surface area contributed by atoms with E-state index in [1.54, 1.807) is 6.07 Å². The van der Waals surface area contributed by atoms with Gasteiger partial charge in [-0.3, -0.25) is 20.0 Å². The van der Waals surface area contributed by atoms with Crippen molar-refractivity contribution in [2.24, 2.45) is 5.10 Å². The first-order chi connectivity index (χ1) is 13.1. The molecule has 142 valence electrons. The number of benzene rings is 1. The summed E-state index contributed by atoms with van der Waals surface area (Å²) in [5.74, 6) is 0.258. The van der Waals surface area contributed by atoms with Crippen molar-refractivity contribution in [1.82, 2.24) is 10.3 Å². The van der Waals surface area contributed by atoms with Crippen LogP contribution in [0.25, 0.3) is 0 Å². The van der Waals surface area contributed by atoms with Crippen LogP contribution in [0.15, 0.2) is 34.7 Å². The van der Waals surface area contributed by atoms with Crippen molar-refractivity contribution in [3.63, 3.8) is 0 Å². The highest BCUT2D eigenvalue weighted by atomic mass is 35.5. The number of unbranched alkanes of at least 4 members (excludes halogenated alkanes) is 1. The Labute approximate surface area is 170 Å². The molecule has 9 heteroatoms. The van der Waals surface area contributed by atoms with Gasteiger partial charge in [-0.05, 0) is 35.6 Å². The molecule has 1 amide bonds. The molecule has 2 aliphatic heterocycles. The van der Waals surface area contributed by atoms with E-state index >= 15 is 0 Å². The average molecular weight is 425 g/mol. The van der Waals surface area contributed by atoms with Gasteiger partial charge in [0.15, 0.2) is 5.17 Å². The molecule has 2 aromatic rings. The average Bonchev–Trinajstić information content (AvgIpc) is 3.28. The molecule has 4 rings (SSSR count). The summed E-state index contributed by atoms with van der Waals surface area (Å²) in [6, 6.07) is 6.37. The van der Waals surface area contributed by atoms with Gasteiger partial charge in [-0.1, -0.05) is 42.8 Å². The van der Waals surface area contributed by atoms with E-state index in [-0.39, 0.29) is 18.0 Å². The zero-order valence-corrected chi connectivity index (χ0v) is 17.0. The molecule has 5 nitrogen and oxygen atoms in total. The van der Waals surface area contributed by atoms with Crippen LogP contribution in [0.3, 0.4) is 0 Å². The van der Waals surface area contributed by atoms with Crippen molar-refractivity contribution in [3.05, 3.63) is 50.9 Å². The Morgan fingerprint density at radius 3 is 3.04 bits per heavy atom. The first-order valence-corrected chi connectivity index (χ1v) is 10.9. The van der Waals surface area contributed by atoms with Crippen LogP contribution in [0.2, 0.25) is 5.02 Å². The van der Waals surface area contributed by atoms with Crippen LogP contribution in [0.4, 0.5) is 10.1 Å². The van der Waals surface area contributed by atoms with Crippen LogP contribution in [-0.2, 0) is 5.75 Å². The summed E-state index contributed by atoms with van der Waals surface area (Å²) in [5, 5.41) is 7.57. The number of thiophene rings is 1. The first kappa shape index (κ1) is 18.6. The molecule has 0 saturated heterocycles. The number of hydrogen-bond donors (Lipinski definition) is 1. The molecule has 1 atom stereocenters. The summed E-state index contributed by atoms with van der Waals surface area (Å²) < 4.78 is 13.3. The SMILES string of the molecule is CCCCN1C(=O)c2sccc2N2C(SCc3ccc(F)cc3Cl)=NNC12. The summed E-state index contributed by atoms with van der Waals surface area (Å²) in [6.07, 6.45) is 1.64.